The minimum Gasteiger partial charge on any atom is -0.491 e. The van der Waals surface area contributed by atoms with Crippen LogP contribution in [0.3, 0.4) is 0 Å². The summed E-state index contributed by atoms with van der Waals surface area (Å²) in [4.78, 5) is 23.6. The number of carboxylic acid groups (broad SMARTS) is 1. The fourth-order valence-electron chi connectivity index (χ4n) is 2.86. The molecule has 2 N–H and O–H groups in total. The predicted molar refractivity (Wildman–Crippen MR) is 83.9 cm³/mol. The minimum absolute atomic E-state index is 0.0963. The van der Waals surface area contributed by atoms with Crippen LogP contribution in [-0.4, -0.2) is 23.1 Å². The molecule has 1 aromatic rings. The second-order valence-electron chi connectivity index (χ2n) is 6.02. The number of ether oxygens (including phenoxy) is 1. The minimum atomic E-state index is -0.875. The van der Waals surface area contributed by atoms with E-state index in [0.29, 0.717) is 18.5 Å². The molecule has 1 saturated carbocycles. The van der Waals surface area contributed by atoms with Crippen molar-refractivity contribution in [1.82, 2.24) is 0 Å². The number of hydrogen-bond acceptors (Lipinski definition) is 3. The molecule has 2 rings (SSSR count). The number of rotatable bonds is 5. The third-order valence-corrected chi connectivity index (χ3v) is 3.91. The van der Waals surface area contributed by atoms with Crippen LogP contribution in [0.5, 0.6) is 5.75 Å². The smallest absolute Gasteiger partial charge is 0.307 e. The summed E-state index contributed by atoms with van der Waals surface area (Å²) in [5.74, 6) is -1.35. The van der Waals surface area contributed by atoms with Crippen LogP contribution < -0.4 is 10.1 Å². The monoisotopic (exact) mass is 305 g/mol. The zero-order chi connectivity index (χ0) is 16.1. The Kier molecular flexibility index (Phi) is 5.41. The number of carbonyl (C=O) groups excluding carboxylic acids is 1. The molecule has 1 fully saturated rings. The highest BCUT2D eigenvalue weighted by molar-refractivity contribution is 5.95. The van der Waals surface area contributed by atoms with Gasteiger partial charge in [-0.1, -0.05) is 12.8 Å². The van der Waals surface area contributed by atoms with E-state index in [1.54, 1.807) is 24.3 Å². The Bertz CT molecular complexity index is 524. The molecule has 5 nitrogen and oxygen atoms in total. The molecule has 1 aromatic carbocycles. The van der Waals surface area contributed by atoms with Crippen molar-refractivity contribution in [3.8, 4) is 5.75 Å². The molecule has 0 unspecified atom stereocenters. The second kappa shape index (κ2) is 7.29. The van der Waals surface area contributed by atoms with Gasteiger partial charge in [0.1, 0.15) is 5.75 Å². The summed E-state index contributed by atoms with van der Waals surface area (Å²) in [6, 6.07) is 7.14. The van der Waals surface area contributed by atoms with Gasteiger partial charge in [0.05, 0.1) is 17.9 Å². The van der Waals surface area contributed by atoms with Gasteiger partial charge in [0, 0.05) is 5.69 Å². The van der Waals surface area contributed by atoms with Crippen molar-refractivity contribution >= 4 is 17.6 Å². The summed E-state index contributed by atoms with van der Waals surface area (Å²) >= 11 is 0. The normalized spacial score (nSPS) is 21.4. The van der Waals surface area contributed by atoms with Gasteiger partial charge < -0.3 is 15.2 Å². The molecule has 1 aliphatic carbocycles. The Labute approximate surface area is 130 Å². The second-order valence-corrected chi connectivity index (χ2v) is 6.02. The maximum atomic E-state index is 12.3. The third-order valence-electron chi connectivity index (χ3n) is 3.91. The Morgan fingerprint density at radius 2 is 1.73 bits per heavy atom. The lowest BCUT2D eigenvalue weighted by atomic mass is 9.78. The first-order chi connectivity index (χ1) is 10.5. The zero-order valence-electron chi connectivity index (χ0n) is 13.0. The first-order valence-corrected chi connectivity index (χ1v) is 7.77. The Balaban J connectivity index is 1.99. The number of aliphatic carboxylic acids is 1. The molecule has 1 amide bonds. The molecule has 22 heavy (non-hydrogen) atoms. The molecule has 0 aromatic heterocycles. The van der Waals surface area contributed by atoms with Crippen molar-refractivity contribution in [3.05, 3.63) is 24.3 Å². The van der Waals surface area contributed by atoms with Gasteiger partial charge in [0.2, 0.25) is 5.91 Å². The average molecular weight is 305 g/mol. The van der Waals surface area contributed by atoms with Crippen LogP contribution in [0.4, 0.5) is 5.69 Å². The summed E-state index contributed by atoms with van der Waals surface area (Å²) in [5, 5.41) is 12.1. The van der Waals surface area contributed by atoms with E-state index in [9.17, 15) is 14.7 Å². The van der Waals surface area contributed by atoms with Crippen molar-refractivity contribution in [2.24, 2.45) is 11.8 Å². The average Bonchev–Trinajstić information content (AvgIpc) is 2.48. The number of benzene rings is 1. The van der Waals surface area contributed by atoms with Crippen molar-refractivity contribution in [2.45, 2.75) is 45.6 Å². The number of nitrogens with one attached hydrogen (secondary N) is 1. The standard InChI is InChI=1S/C17H23NO4/c1-11(2)22-13-9-7-12(8-10-13)18-16(19)14-5-3-4-6-15(14)17(20)21/h7-11,14-15H,3-6H2,1-2H3,(H,18,19)(H,20,21)/t14-,15-/m0/s1. The third kappa shape index (κ3) is 4.23. The van der Waals surface area contributed by atoms with Crippen LogP contribution in [-0.2, 0) is 9.59 Å². The van der Waals surface area contributed by atoms with Crippen molar-refractivity contribution in [3.63, 3.8) is 0 Å². The van der Waals surface area contributed by atoms with Crippen LogP contribution in [0.25, 0.3) is 0 Å². The van der Waals surface area contributed by atoms with Gasteiger partial charge in [0.25, 0.3) is 0 Å². The first kappa shape index (κ1) is 16.3. The maximum absolute atomic E-state index is 12.3. The van der Waals surface area contributed by atoms with Gasteiger partial charge in [-0.2, -0.15) is 0 Å². The number of carboxylic acids is 1. The van der Waals surface area contributed by atoms with Crippen molar-refractivity contribution < 1.29 is 19.4 Å². The lowest BCUT2D eigenvalue weighted by Crippen LogP contribution is -2.36. The van der Waals surface area contributed by atoms with Gasteiger partial charge in [-0.15, -0.1) is 0 Å². The van der Waals surface area contributed by atoms with Crippen molar-refractivity contribution in [2.75, 3.05) is 5.32 Å². The molecular formula is C17H23NO4. The molecular weight excluding hydrogens is 282 g/mol. The summed E-state index contributed by atoms with van der Waals surface area (Å²) in [6.07, 6.45) is 3.09. The molecule has 5 heteroatoms. The highest BCUT2D eigenvalue weighted by atomic mass is 16.5. The predicted octanol–water partition coefficient (Wildman–Crippen LogP) is 3.30. The van der Waals surface area contributed by atoms with E-state index in [0.717, 1.165) is 18.6 Å². The molecule has 120 valence electrons. The summed E-state index contributed by atoms with van der Waals surface area (Å²) in [7, 11) is 0. The Morgan fingerprint density at radius 3 is 2.27 bits per heavy atom. The lowest BCUT2D eigenvalue weighted by molar-refractivity contribution is -0.147. The van der Waals surface area contributed by atoms with Gasteiger partial charge in [0.15, 0.2) is 0 Å². The van der Waals surface area contributed by atoms with E-state index < -0.39 is 17.8 Å². The fourth-order valence-corrected chi connectivity index (χ4v) is 2.86. The largest absolute Gasteiger partial charge is 0.491 e. The molecule has 1 aliphatic rings. The molecule has 0 saturated heterocycles. The molecule has 0 heterocycles. The number of amides is 1. The number of carbonyl (C=O) groups is 2. The quantitative estimate of drug-likeness (QED) is 0.875. The van der Waals surface area contributed by atoms with Crippen LogP contribution in [0.1, 0.15) is 39.5 Å². The van der Waals surface area contributed by atoms with E-state index in [1.807, 2.05) is 13.8 Å². The van der Waals surface area contributed by atoms with E-state index in [-0.39, 0.29) is 12.0 Å². The molecule has 0 bridgehead atoms. The topological polar surface area (TPSA) is 75.6 Å². The highest BCUT2D eigenvalue weighted by Crippen LogP contribution is 2.31. The van der Waals surface area contributed by atoms with Gasteiger partial charge >= 0.3 is 5.97 Å². The van der Waals surface area contributed by atoms with Crippen LogP contribution in [0.2, 0.25) is 0 Å². The molecule has 0 spiro atoms. The van der Waals surface area contributed by atoms with Crippen LogP contribution in [0, 0.1) is 11.8 Å². The fraction of sp³-hybridized carbons (Fsp3) is 0.529. The van der Waals surface area contributed by atoms with Gasteiger partial charge in [-0.25, -0.2) is 0 Å². The van der Waals surface area contributed by atoms with E-state index >= 15 is 0 Å². The Morgan fingerprint density at radius 1 is 1.14 bits per heavy atom. The van der Waals surface area contributed by atoms with Crippen LogP contribution in [0.15, 0.2) is 24.3 Å². The number of anilines is 1. The molecule has 0 aliphatic heterocycles. The van der Waals surface area contributed by atoms with Gasteiger partial charge in [-0.3, -0.25) is 9.59 Å². The first-order valence-electron chi connectivity index (χ1n) is 7.77. The lowest BCUT2D eigenvalue weighted by Gasteiger charge is -2.27. The van der Waals surface area contributed by atoms with E-state index in [1.165, 1.54) is 0 Å². The number of hydrogen-bond donors (Lipinski definition) is 2. The molecule has 0 radical (unpaired) electrons. The van der Waals surface area contributed by atoms with Gasteiger partial charge in [-0.05, 0) is 51.0 Å². The summed E-state index contributed by atoms with van der Waals surface area (Å²) < 4.78 is 5.55. The van der Waals surface area contributed by atoms with Crippen LogP contribution >= 0.6 is 0 Å². The van der Waals surface area contributed by atoms with E-state index in [4.69, 9.17) is 4.74 Å². The zero-order valence-corrected chi connectivity index (χ0v) is 13.0. The summed E-state index contributed by atoms with van der Waals surface area (Å²) in [6.45, 7) is 3.90. The summed E-state index contributed by atoms with van der Waals surface area (Å²) in [5.41, 5.74) is 0.663. The van der Waals surface area contributed by atoms with E-state index in [2.05, 4.69) is 5.32 Å². The highest BCUT2D eigenvalue weighted by Gasteiger charge is 2.35. The maximum Gasteiger partial charge on any atom is 0.307 e. The SMILES string of the molecule is CC(C)Oc1ccc(NC(=O)[C@H]2CCCC[C@@H]2C(=O)O)cc1. The Hall–Kier alpha value is -2.04. The molecule has 2 atom stereocenters. The van der Waals surface area contributed by atoms with Crippen molar-refractivity contribution in [1.29, 1.82) is 0 Å².